The Labute approximate surface area is 170 Å². The molecule has 1 aliphatic rings. The van der Waals surface area contributed by atoms with Gasteiger partial charge < -0.3 is 4.90 Å². The van der Waals surface area contributed by atoms with Crippen molar-refractivity contribution in [3.8, 4) is 0 Å². The van der Waals surface area contributed by atoms with Gasteiger partial charge in [0.1, 0.15) is 5.69 Å². The molecule has 11 heteroatoms. The van der Waals surface area contributed by atoms with Gasteiger partial charge in [-0.3, -0.25) is 9.89 Å². The Morgan fingerprint density at radius 3 is 2.70 bits per heavy atom. The van der Waals surface area contributed by atoms with Gasteiger partial charge in [0.05, 0.1) is 5.69 Å². The van der Waals surface area contributed by atoms with Crippen molar-refractivity contribution in [2.24, 2.45) is 0 Å². The van der Waals surface area contributed by atoms with Crippen LogP contribution < -0.4 is 0 Å². The first-order chi connectivity index (χ1) is 14.0. The monoisotopic (exact) mass is 421 g/mol. The summed E-state index contributed by atoms with van der Waals surface area (Å²) in [5.74, 6) is -1.72. The van der Waals surface area contributed by atoms with Crippen molar-refractivity contribution < 1.29 is 18.0 Å². The van der Waals surface area contributed by atoms with Gasteiger partial charge in [0.15, 0.2) is 0 Å². The highest BCUT2D eigenvalue weighted by Crippen LogP contribution is 2.30. The number of carbonyl (C=O) groups excluding carboxylic acids is 1. The maximum Gasteiger partial charge on any atom is 0.453 e. The van der Waals surface area contributed by atoms with Crippen LogP contribution >= 0.6 is 0 Å². The minimum absolute atomic E-state index is 0.106. The molecule has 4 rings (SSSR count). The fourth-order valence-electron chi connectivity index (χ4n) is 3.62. The summed E-state index contributed by atoms with van der Waals surface area (Å²) in [7, 11) is 0. The number of carbonyl (C=O) groups is 1. The molecule has 0 unspecified atom stereocenters. The summed E-state index contributed by atoms with van der Waals surface area (Å²) >= 11 is 0. The van der Waals surface area contributed by atoms with Gasteiger partial charge in [-0.05, 0) is 25.0 Å². The largest absolute Gasteiger partial charge is 0.453 e. The van der Waals surface area contributed by atoms with Crippen molar-refractivity contribution in [3.63, 3.8) is 0 Å². The third kappa shape index (κ3) is 3.75. The molecule has 0 radical (unpaired) electrons. The van der Waals surface area contributed by atoms with E-state index in [0.717, 1.165) is 23.1 Å². The van der Waals surface area contributed by atoms with Crippen LogP contribution in [0.15, 0.2) is 18.3 Å². The Kier molecular flexibility index (Phi) is 4.78. The number of nitrogens with zero attached hydrogens (tertiary/aromatic N) is 6. The van der Waals surface area contributed by atoms with Crippen LogP contribution in [0.25, 0.3) is 5.78 Å². The second-order valence-corrected chi connectivity index (χ2v) is 8.52. The van der Waals surface area contributed by atoms with E-state index in [-0.39, 0.29) is 23.0 Å². The van der Waals surface area contributed by atoms with E-state index in [2.05, 4.69) is 25.3 Å². The maximum absolute atomic E-state index is 13.0. The zero-order chi connectivity index (χ0) is 21.7. The van der Waals surface area contributed by atoms with Crippen LogP contribution in [0, 0.1) is 0 Å². The third-order valence-electron chi connectivity index (χ3n) is 5.26. The summed E-state index contributed by atoms with van der Waals surface area (Å²) in [4.78, 5) is 22.0. The van der Waals surface area contributed by atoms with Crippen molar-refractivity contribution in [2.75, 3.05) is 13.1 Å². The zero-order valence-corrected chi connectivity index (χ0v) is 16.9. The fraction of sp³-hybridized carbons (Fsp3) is 0.526. The minimum Gasteiger partial charge on any atom is -0.337 e. The molecule has 0 saturated carbocycles. The van der Waals surface area contributed by atoms with E-state index in [1.165, 1.54) is 6.20 Å². The highest BCUT2D eigenvalue weighted by atomic mass is 19.4. The molecule has 30 heavy (non-hydrogen) atoms. The van der Waals surface area contributed by atoms with Crippen molar-refractivity contribution >= 4 is 11.7 Å². The molecular formula is C19H22F3N7O. The first kappa shape index (κ1) is 20.3. The highest BCUT2D eigenvalue weighted by molar-refractivity contribution is 5.92. The molecule has 1 N–H and O–H groups in total. The van der Waals surface area contributed by atoms with Crippen LogP contribution in [-0.2, 0) is 11.6 Å². The quantitative estimate of drug-likeness (QED) is 0.686. The molecule has 0 aliphatic carbocycles. The predicted molar refractivity (Wildman–Crippen MR) is 101 cm³/mol. The van der Waals surface area contributed by atoms with E-state index in [9.17, 15) is 18.0 Å². The van der Waals surface area contributed by atoms with E-state index in [1.807, 2.05) is 20.8 Å². The predicted octanol–water partition coefficient (Wildman–Crippen LogP) is 3.18. The SMILES string of the molecule is CC(C)(C)c1cc(C(=O)N2CCC[C@@H](c3ccnc4nc(C(F)(F)F)nn34)C2)n[nH]1. The van der Waals surface area contributed by atoms with E-state index >= 15 is 0 Å². The number of likely N-dealkylation sites (tertiary alicyclic amines) is 1. The number of H-pyrrole nitrogens is 1. The normalized spacial score (nSPS) is 18.2. The lowest BCUT2D eigenvalue weighted by atomic mass is 9.92. The third-order valence-corrected chi connectivity index (χ3v) is 5.26. The Bertz CT molecular complexity index is 1080. The van der Waals surface area contributed by atoms with Gasteiger partial charge in [-0.15, -0.1) is 5.10 Å². The molecule has 3 aromatic heterocycles. The molecule has 1 amide bonds. The van der Waals surface area contributed by atoms with Crippen LogP contribution in [0.2, 0.25) is 0 Å². The number of rotatable bonds is 2. The average molecular weight is 421 g/mol. The van der Waals surface area contributed by atoms with Crippen LogP contribution in [0.5, 0.6) is 0 Å². The fourth-order valence-corrected chi connectivity index (χ4v) is 3.62. The van der Waals surface area contributed by atoms with Gasteiger partial charge in [-0.1, -0.05) is 20.8 Å². The molecule has 4 heterocycles. The second kappa shape index (κ2) is 7.06. The van der Waals surface area contributed by atoms with Crippen LogP contribution in [0.1, 0.15) is 67.2 Å². The smallest absolute Gasteiger partial charge is 0.337 e. The number of alkyl halides is 3. The summed E-state index contributed by atoms with van der Waals surface area (Å²) in [6.45, 7) is 6.98. The zero-order valence-electron chi connectivity index (χ0n) is 16.9. The number of fused-ring (bicyclic) bond motifs is 1. The number of hydrogen-bond donors (Lipinski definition) is 1. The molecule has 0 spiro atoms. The molecule has 160 valence electrons. The summed E-state index contributed by atoms with van der Waals surface area (Å²) in [6.07, 6.45) is -1.79. The van der Waals surface area contributed by atoms with Crippen molar-refractivity contribution in [1.82, 2.24) is 34.7 Å². The first-order valence-corrected chi connectivity index (χ1v) is 9.68. The molecule has 0 bridgehead atoms. The van der Waals surface area contributed by atoms with E-state index in [0.29, 0.717) is 24.5 Å². The molecular weight excluding hydrogens is 399 g/mol. The van der Waals surface area contributed by atoms with Gasteiger partial charge in [0.2, 0.25) is 0 Å². The summed E-state index contributed by atoms with van der Waals surface area (Å²) in [6, 6.07) is 3.39. The number of nitrogens with one attached hydrogen (secondary N) is 1. The maximum atomic E-state index is 13.0. The van der Waals surface area contributed by atoms with Crippen molar-refractivity contribution in [3.05, 3.63) is 41.2 Å². The van der Waals surface area contributed by atoms with Gasteiger partial charge in [0, 0.05) is 36.3 Å². The molecule has 1 fully saturated rings. The van der Waals surface area contributed by atoms with Crippen LogP contribution in [-0.4, -0.2) is 53.7 Å². The highest BCUT2D eigenvalue weighted by Gasteiger charge is 2.37. The number of piperidine rings is 1. The standard InChI is InChI=1S/C19H22F3N7O/c1-18(2,3)14-9-12(25-26-14)15(30)28-8-4-5-11(10-28)13-6-7-23-17-24-16(19(20,21)22)27-29(13)17/h6-7,9,11H,4-5,8,10H2,1-3H3,(H,25,26)/t11-/m1/s1. The first-order valence-electron chi connectivity index (χ1n) is 9.68. The number of aromatic nitrogens is 6. The van der Waals surface area contributed by atoms with E-state index in [1.54, 1.807) is 17.0 Å². The topological polar surface area (TPSA) is 92.1 Å². The molecule has 1 saturated heterocycles. The summed E-state index contributed by atoms with van der Waals surface area (Å²) in [5.41, 5.74) is 1.58. The number of hydrogen-bond acceptors (Lipinski definition) is 5. The second-order valence-electron chi connectivity index (χ2n) is 8.52. The number of aromatic amines is 1. The lowest BCUT2D eigenvalue weighted by Gasteiger charge is -2.32. The Balaban J connectivity index is 1.59. The Morgan fingerprint density at radius 2 is 2.03 bits per heavy atom. The lowest BCUT2D eigenvalue weighted by molar-refractivity contribution is -0.144. The Morgan fingerprint density at radius 1 is 1.27 bits per heavy atom. The number of amides is 1. The van der Waals surface area contributed by atoms with Gasteiger partial charge >= 0.3 is 6.18 Å². The minimum atomic E-state index is -4.65. The van der Waals surface area contributed by atoms with Gasteiger partial charge in [-0.2, -0.15) is 23.3 Å². The van der Waals surface area contributed by atoms with Crippen molar-refractivity contribution in [1.29, 1.82) is 0 Å². The van der Waals surface area contributed by atoms with Crippen LogP contribution in [0.3, 0.4) is 0 Å². The van der Waals surface area contributed by atoms with Crippen LogP contribution in [0.4, 0.5) is 13.2 Å². The molecule has 3 aromatic rings. The molecule has 0 aromatic carbocycles. The van der Waals surface area contributed by atoms with Gasteiger partial charge in [0.25, 0.3) is 17.5 Å². The van der Waals surface area contributed by atoms with E-state index < -0.39 is 12.0 Å². The van der Waals surface area contributed by atoms with E-state index in [4.69, 9.17) is 0 Å². The summed E-state index contributed by atoms with van der Waals surface area (Å²) in [5, 5.41) is 10.7. The summed E-state index contributed by atoms with van der Waals surface area (Å²) < 4.78 is 40.2. The molecule has 8 nitrogen and oxygen atoms in total. The van der Waals surface area contributed by atoms with Crippen molar-refractivity contribution in [2.45, 2.75) is 51.1 Å². The lowest BCUT2D eigenvalue weighted by Crippen LogP contribution is -2.39. The average Bonchev–Trinajstić information content (AvgIpc) is 3.34. The molecule has 1 aliphatic heterocycles. The van der Waals surface area contributed by atoms with Gasteiger partial charge in [-0.25, -0.2) is 9.50 Å². The molecule has 1 atom stereocenters. The number of halogens is 3. The Hall–Kier alpha value is -2.98.